The minimum absolute atomic E-state index is 0.00141. The quantitative estimate of drug-likeness (QED) is 0.479. The maximum Gasteiger partial charge on any atom is 0.323 e. The number of nitrogens with two attached hydrogens (primary N) is 2. The highest BCUT2D eigenvalue weighted by Crippen LogP contribution is 2.49. The fraction of sp³-hybridized carbons (Fsp3) is 0.929. The van der Waals surface area contributed by atoms with Crippen LogP contribution in [-0.2, 0) is 4.79 Å². The Balaban J connectivity index is 2.05. The van der Waals surface area contributed by atoms with E-state index in [0.29, 0.717) is 31.1 Å². The van der Waals surface area contributed by atoms with Crippen molar-refractivity contribution in [1.82, 2.24) is 4.90 Å². The van der Waals surface area contributed by atoms with E-state index in [1.165, 1.54) is 0 Å². The number of hydrogen-bond acceptors (Lipinski definition) is 5. The van der Waals surface area contributed by atoms with Crippen LogP contribution in [0.3, 0.4) is 0 Å². The molecule has 2 fully saturated rings. The topological polar surface area (TPSA) is 113 Å². The second kappa shape index (κ2) is 6.65. The molecule has 0 bridgehead atoms. The first-order valence-corrected chi connectivity index (χ1v) is 8.01. The van der Waals surface area contributed by atoms with Gasteiger partial charge >= 0.3 is 5.97 Å². The molecule has 1 saturated heterocycles. The Labute approximate surface area is 127 Å². The third kappa shape index (κ3) is 3.42. The van der Waals surface area contributed by atoms with Gasteiger partial charge in [-0.3, -0.25) is 4.79 Å². The fourth-order valence-electron chi connectivity index (χ4n) is 4.34. The Morgan fingerprint density at radius 2 is 2.19 bits per heavy atom. The lowest BCUT2D eigenvalue weighted by molar-refractivity contribution is -0.145. The normalized spacial score (nSPS) is 35.9. The predicted molar refractivity (Wildman–Crippen MR) is 83.0 cm³/mol. The zero-order valence-corrected chi connectivity index (χ0v) is 12.9. The average Bonchev–Trinajstić information content (AvgIpc) is 2.87. The number of carbonyl (C=O) groups is 1. The van der Waals surface area contributed by atoms with Gasteiger partial charge in [0, 0.05) is 26.2 Å². The number of aliphatic carboxylic acids is 1. The molecule has 0 radical (unpaired) electrons. The van der Waals surface area contributed by atoms with Crippen molar-refractivity contribution >= 4 is 12.9 Å². The third-order valence-electron chi connectivity index (χ3n) is 5.33. The summed E-state index contributed by atoms with van der Waals surface area (Å²) in [5, 5.41) is 19.0. The Hall–Kier alpha value is -0.625. The van der Waals surface area contributed by atoms with Crippen molar-refractivity contribution in [2.24, 2.45) is 29.2 Å². The zero-order valence-electron chi connectivity index (χ0n) is 12.9. The van der Waals surface area contributed by atoms with Crippen molar-refractivity contribution in [1.29, 1.82) is 0 Å². The van der Waals surface area contributed by atoms with Gasteiger partial charge in [0.2, 0.25) is 0 Å². The number of fused-ring (bicyclic) bond motifs is 1. The van der Waals surface area contributed by atoms with Gasteiger partial charge in [-0.25, -0.2) is 0 Å². The van der Waals surface area contributed by atoms with Crippen molar-refractivity contribution in [3.8, 4) is 0 Å². The number of carboxylic acids is 1. The summed E-state index contributed by atoms with van der Waals surface area (Å²) >= 11 is 0. The van der Waals surface area contributed by atoms with E-state index < -0.39 is 11.5 Å². The molecule has 7 heteroatoms. The molecule has 1 aliphatic heterocycles. The molecule has 0 aromatic carbocycles. The van der Waals surface area contributed by atoms with Gasteiger partial charge < -0.3 is 26.5 Å². The van der Waals surface area contributed by atoms with E-state index in [0.717, 1.165) is 32.5 Å². The minimum atomic E-state index is -1.09. The molecule has 1 heterocycles. The van der Waals surface area contributed by atoms with Crippen LogP contribution in [0.4, 0.5) is 0 Å². The van der Waals surface area contributed by atoms with Crippen LogP contribution >= 0.6 is 0 Å². The molecule has 2 aliphatic rings. The molecule has 1 aliphatic carbocycles. The maximum absolute atomic E-state index is 11.7. The van der Waals surface area contributed by atoms with E-state index in [-0.39, 0.29) is 12.8 Å². The summed E-state index contributed by atoms with van der Waals surface area (Å²) in [6.07, 6.45) is 2.88. The summed E-state index contributed by atoms with van der Waals surface area (Å²) in [5.74, 6) is -0.147. The van der Waals surface area contributed by atoms with Crippen LogP contribution < -0.4 is 11.5 Å². The van der Waals surface area contributed by atoms with Gasteiger partial charge in [-0.05, 0) is 36.9 Å². The summed E-state index contributed by atoms with van der Waals surface area (Å²) in [6.45, 7) is 4.77. The van der Waals surface area contributed by atoms with Crippen LogP contribution in [0.25, 0.3) is 0 Å². The molecule has 2 rings (SSSR count). The van der Waals surface area contributed by atoms with E-state index in [2.05, 4.69) is 4.90 Å². The molecule has 4 atom stereocenters. The summed E-state index contributed by atoms with van der Waals surface area (Å²) in [6, 6.07) is 0. The van der Waals surface area contributed by atoms with Gasteiger partial charge in [-0.15, -0.1) is 0 Å². The molecule has 120 valence electrons. The lowest BCUT2D eigenvalue weighted by Gasteiger charge is -2.31. The summed E-state index contributed by atoms with van der Waals surface area (Å²) in [5.41, 5.74) is 10.8. The molecule has 0 spiro atoms. The lowest BCUT2D eigenvalue weighted by atomic mass is 9.65. The van der Waals surface area contributed by atoms with Crippen LogP contribution in [0.5, 0.6) is 0 Å². The second-order valence-electron chi connectivity index (χ2n) is 6.91. The largest absolute Gasteiger partial charge is 0.480 e. The first kappa shape index (κ1) is 16.7. The Morgan fingerprint density at radius 1 is 1.48 bits per heavy atom. The van der Waals surface area contributed by atoms with Gasteiger partial charge in [0.25, 0.3) is 6.92 Å². The Bertz CT molecular complexity index is 382. The molecule has 6 N–H and O–H groups in total. The van der Waals surface area contributed by atoms with Crippen molar-refractivity contribution < 1.29 is 14.9 Å². The predicted octanol–water partition coefficient (Wildman–Crippen LogP) is -0.311. The van der Waals surface area contributed by atoms with E-state index in [1.807, 2.05) is 0 Å². The summed E-state index contributed by atoms with van der Waals surface area (Å²) < 4.78 is 0. The smallest absolute Gasteiger partial charge is 0.323 e. The van der Waals surface area contributed by atoms with Gasteiger partial charge in [0.1, 0.15) is 5.54 Å². The highest BCUT2D eigenvalue weighted by Gasteiger charge is 2.57. The SMILES string of the molecule is CB(O)CCCC1C2CN(CCN)CC2CC1(N)C(=O)O. The van der Waals surface area contributed by atoms with Crippen LogP contribution in [0.1, 0.15) is 19.3 Å². The molecular formula is C14H28BN3O3. The molecule has 0 amide bonds. The first-order valence-electron chi connectivity index (χ1n) is 8.01. The van der Waals surface area contributed by atoms with Gasteiger partial charge in [-0.1, -0.05) is 13.2 Å². The number of hydrogen-bond donors (Lipinski definition) is 4. The monoisotopic (exact) mass is 297 g/mol. The van der Waals surface area contributed by atoms with E-state index >= 15 is 0 Å². The molecule has 0 aromatic rings. The highest BCUT2D eigenvalue weighted by molar-refractivity contribution is 6.48. The number of carboxylic acid groups (broad SMARTS) is 1. The molecular weight excluding hydrogens is 269 g/mol. The summed E-state index contributed by atoms with van der Waals surface area (Å²) in [4.78, 5) is 14.0. The van der Waals surface area contributed by atoms with Crippen molar-refractivity contribution in [2.75, 3.05) is 26.2 Å². The standard InChI is InChI=1S/C14H28BN3O3/c1-15(21)4-2-3-12-11-9-18(6-5-16)8-10(11)7-14(12,17)13(19)20/h10-12,21H,2-9,16-17H2,1H3,(H,19,20). The summed E-state index contributed by atoms with van der Waals surface area (Å²) in [7, 11) is 0. The van der Waals surface area contributed by atoms with Crippen LogP contribution in [0, 0.1) is 17.8 Å². The molecule has 21 heavy (non-hydrogen) atoms. The molecule has 4 unspecified atom stereocenters. The molecule has 1 saturated carbocycles. The van der Waals surface area contributed by atoms with Gasteiger partial charge in [-0.2, -0.15) is 0 Å². The van der Waals surface area contributed by atoms with Crippen molar-refractivity contribution in [2.45, 2.75) is 37.9 Å². The van der Waals surface area contributed by atoms with Crippen molar-refractivity contribution in [3.05, 3.63) is 0 Å². The maximum atomic E-state index is 11.7. The van der Waals surface area contributed by atoms with Crippen molar-refractivity contribution in [3.63, 3.8) is 0 Å². The van der Waals surface area contributed by atoms with Crippen LogP contribution in [-0.4, -0.2) is 59.6 Å². The lowest BCUT2D eigenvalue weighted by Crippen LogP contribution is -2.53. The first-order chi connectivity index (χ1) is 9.88. The molecule has 0 aromatic heterocycles. The average molecular weight is 297 g/mol. The minimum Gasteiger partial charge on any atom is -0.480 e. The Morgan fingerprint density at radius 3 is 2.76 bits per heavy atom. The number of nitrogens with zero attached hydrogens (tertiary/aromatic N) is 1. The van der Waals surface area contributed by atoms with Crippen LogP contribution in [0.2, 0.25) is 13.1 Å². The Kier molecular flexibility index (Phi) is 5.30. The highest BCUT2D eigenvalue weighted by atomic mass is 16.4. The van der Waals surface area contributed by atoms with E-state index in [1.54, 1.807) is 6.82 Å². The second-order valence-corrected chi connectivity index (χ2v) is 6.91. The van der Waals surface area contributed by atoms with E-state index in [9.17, 15) is 14.9 Å². The van der Waals surface area contributed by atoms with Gasteiger partial charge in [0.05, 0.1) is 0 Å². The van der Waals surface area contributed by atoms with Gasteiger partial charge in [0.15, 0.2) is 0 Å². The third-order valence-corrected chi connectivity index (χ3v) is 5.33. The number of likely N-dealkylation sites (tertiary alicyclic amines) is 1. The van der Waals surface area contributed by atoms with E-state index in [4.69, 9.17) is 11.5 Å². The fourth-order valence-corrected chi connectivity index (χ4v) is 4.34. The zero-order chi connectivity index (χ0) is 15.6. The number of rotatable bonds is 7. The van der Waals surface area contributed by atoms with Crippen LogP contribution in [0.15, 0.2) is 0 Å². The molecule has 6 nitrogen and oxygen atoms in total.